The van der Waals surface area contributed by atoms with Crippen LogP contribution >= 0.6 is 36.2 Å². The summed E-state index contributed by atoms with van der Waals surface area (Å²) in [5.41, 5.74) is 2.54. The van der Waals surface area contributed by atoms with Crippen molar-refractivity contribution in [3.63, 3.8) is 0 Å². The summed E-state index contributed by atoms with van der Waals surface area (Å²) in [6.07, 6.45) is 9.26. The van der Waals surface area contributed by atoms with Gasteiger partial charge in [0.1, 0.15) is 0 Å². The van der Waals surface area contributed by atoms with Crippen LogP contribution in [0.1, 0.15) is 53.9 Å². The fourth-order valence-corrected chi connectivity index (χ4v) is 4.78. The summed E-state index contributed by atoms with van der Waals surface area (Å²) in [7, 11) is 0. The van der Waals surface area contributed by atoms with Gasteiger partial charge in [0.2, 0.25) is 0 Å². The number of piperazine rings is 1. The van der Waals surface area contributed by atoms with Crippen LogP contribution in [0, 0.1) is 0 Å². The molecule has 0 radical (unpaired) electrons. The molecule has 4 rings (SSSR count). The molecule has 2 aliphatic rings. The van der Waals surface area contributed by atoms with E-state index in [9.17, 15) is 0 Å². The molecular formula is C18H26Cl2N4S. The van der Waals surface area contributed by atoms with E-state index in [0.717, 1.165) is 32.1 Å². The van der Waals surface area contributed by atoms with Gasteiger partial charge in [-0.25, -0.2) is 4.98 Å². The number of nitrogens with zero attached hydrogens (tertiary/aromatic N) is 3. The Kier molecular flexibility index (Phi) is 8.10. The van der Waals surface area contributed by atoms with E-state index in [2.05, 4.69) is 26.6 Å². The van der Waals surface area contributed by atoms with Gasteiger partial charge in [0.25, 0.3) is 0 Å². The summed E-state index contributed by atoms with van der Waals surface area (Å²) in [5, 5.41) is 7.15. The monoisotopic (exact) mass is 400 g/mol. The molecule has 2 aromatic heterocycles. The van der Waals surface area contributed by atoms with Gasteiger partial charge in [-0.2, -0.15) is 0 Å². The van der Waals surface area contributed by atoms with Crippen LogP contribution in [0.5, 0.6) is 0 Å². The van der Waals surface area contributed by atoms with Gasteiger partial charge in [0.05, 0.1) is 10.7 Å². The molecule has 1 aliphatic carbocycles. The average Bonchev–Trinajstić information content (AvgIpc) is 3.27. The number of hydrogen-bond donors (Lipinski definition) is 1. The van der Waals surface area contributed by atoms with E-state index in [4.69, 9.17) is 4.98 Å². The second-order valence-electron chi connectivity index (χ2n) is 6.64. The predicted octanol–water partition coefficient (Wildman–Crippen LogP) is 4.19. The second kappa shape index (κ2) is 9.83. The first-order valence-corrected chi connectivity index (χ1v) is 9.57. The molecule has 1 saturated carbocycles. The van der Waals surface area contributed by atoms with Crippen LogP contribution in [0.15, 0.2) is 29.9 Å². The van der Waals surface area contributed by atoms with Crippen LogP contribution < -0.4 is 5.32 Å². The summed E-state index contributed by atoms with van der Waals surface area (Å²) in [5.74, 6) is 0.728. The van der Waals surface area contributed by atoms with Crippen molar-refractivity contribution in [2.45, 2.75) is 44.2 Å². The third-order valence-corrected chi connectivity index (χ3v) is 6.12. The molecule has 0 bridgehead atoms. The Morgan fingerprint density at radius 1 is 1.24 bits per heavy atom. The zero-order chi connectivity index (χ0) is 15.5. The van der Waals surface area contributed by atoms with Crippen LogP contribution in [0.3, 0.4) is 0 Å². The average molecular weight is 401 g/mol. The molecule has 1 atom stereocenters. The Bertz CT molecular complexity index is 631. The van der Waals surface area contributed by atoms with Crippen molar-refractivity contribution in [3.8, 4) is 0 Å². The zero-order valence-electron chi connectivity index (χ0n) is 14.3. The van der Waals surface area contributed by atoms with Crippen molar-refractivity contribution in [2.24, 2.45) is 0 Å². The van der Waals surface area contributed by atoms with Gasteiger partial charge in [-0.05, 0) is 24.5 Å². The summed E-state index contributed by atoms with van der Waals surface area (Å²) in [6, 6.07) is 4.61. The second-order valence-corrected chi connectivity index (χ2v) is 7.52. The van der Waals surface area contributed by atoms with Gasteiger partial charge in [0.15, 0.2) is 0 Å². The van der Waals surface area contributed by atoms with Crippen molar-refractivity contribution in [3.05, 3.63) is 46.2 Å². The van der Waals surface area contributed by atoms with Crippen LogP contribution in [0.4, 0.5) is 0 Å². The normalized spacial score (nSPS) is 21.5. The highest BCUT2D eigenvalue weighted by Crippen LogP contribution is 2.36. The molecule has 2 fully saturated rings. The first kappa shape index (κ1) is 20.6. The number of halogens is 2. The van der Waals surface area contributed by atoms with E-state index in [1.165, 1.54) is 41.9 Å². The van der Waals surface area contributed by atoms with Crippen molar-refractivity contribution >= 4 is 36.2 Å². The lowest BCUT2D eigenvalue weighted by Crippen LogP contribution is -2.45. The lowest BCUT2D eigenvalue weighted by molar-refractivity contribution is 0.152. The highest BCUT2D eigenvalue weighted by atomic mass is 35.5. The lowest BCUT2D eigenvalue weighted by Gasteiger charge is -2.35. The Labute approximate surface area is 166 Å². The molecule has 138 valence electrons. The fraction of sp³-hybridized carbons (Fsp3) is 0.556. The van der Waals surface area contributed by atoms with Crippen molar-refractivity contribution in [1.29, 1.82) is 0 Å². The Hall–Kier alpha value is -0.720. The smallest absolute Gasteiger partial charge is 0.0959 e. The molecule has 25 heavy (non-hydrogen) atoms. The molecule has 1 aliphatic heterocycles. The first-order valence-electron chi connectivity index (χ1n) is 8.69. The molecule has 0 aromatic carbocycles. The van der Waals surface area contributed by atoms with E-state index < -0.39 is 0 Å². The minimum Gasteiger partial charge on any atom is -0.314 e. The van der Waals surface area contributed by atoms with Gasteiger partial charge in [-0.1, -0.05) is 18.9 Å². The molecule has 1 saturated heterocycles. The Balaban J connectivity index is 0.00000113. The Morgan fingerprint density at radius 2 is 2.08 bits per heavy atom. The van der Waals surface area contributed by atoms with E-state index in [0.29, 0.717) is 6.04 Å². The van der Waals surface area contributed by atoms with Crippen LogP contribution in [-0.2, 0) is 6.54 Å². The quantitative estimate of drug-likeness (QED) is 0.834. The topological polar surface area (TPSA) is 41.1 Å². The molecule has 0 amide bonds. The summed E-state index contributed by atoms with van der Waals surface area (Å²) < 4.78 is 0. The number of thiazole rings is 1. The number of nitrogens with one attached hydrogen (secondary N) is 1. The molecule has 3 heterocycles. The highest BCUT2D eigenvalue weighted by Gasteiger charge is 2.25. The molecule has 7 heteroatoms. The van der Waals surface area contributed by atoms with Gasteiger partial charge in [-0.15, -0.1) is 36.2 Å². The number of hydrogen-bond acceptors (Lipinski definition) is 5. The largest absolute Gasteiger partial charge is 0.314 e. The van der Waals surface area contributed by atoms with Crippen molar-refractivity contribution in [1.82, 2.24) is 20.2 Å². The molecule has 1 N–H and O–H groups in total. The van der Waals surface area contributed by atoms with Crippen molar-refractivity contribution < 1.29 is 0 Å². The van der Waals surface area contributed by atoms with E-state index >= 15 is 0 Å². The van der Waals surface area contributed by atoms with Gasteiger partial charge >= 0.3 is 0 Å². The highest BCUT2D eigenvalue weighted by molar-refractivity contribution is 7.09. The maximum atomic E-state index is 4.96. The standard InChI is InChI=1S/C18H24N4S.2ClH/c1-2-5-14(4-1)18-21-16(13-23-18)12-22-9-8-20-11-17(22)15-6-3-7-19-10-15;;/h3,6-7,10,13-14,17,20H,1-2,4-5,8-9,11-12H2;2*1H. The summed E-state index contributed by atoms with van der Waals surface area (Å²) in [4.78, 5) is 11.8. The fourth-order valence-electron chi connectivity index (χ4n) is 3.80. The van der Waals surface area contributed by atoms with Gasteiger partial charge in [0, 0.05) is 55.9 Å². The van der Waals surface area contributed by atoms with Crippen LogP contribution in [0.25, 0.3) is 0 Å². The van der Waals surface area contributed by atoms with Gasteiger partial charge < -0.3 is 5.32 Å². The Morgan fingerprint density at radius 3 is 2.84 bits per heavy atom. The third kappa shape index (κ3) is 4.92. The number of rotatable bonds is 4. The number of pyridine rings is 1. The minimum absolute atomic E-state index is 0. The summed E-state index contributed by atoms with van der Waals surface area (Å²) in [6.45, 7) is 4.06. The molecular weight excluding hydrogens is 375 g/mol. The van der Waals surface area contributed by atoms with Crippen molar-refractivity contribution in [2.75, 3.05) is 19.6 Å². The SMILES string of the molecule is Cl.Cl.c1cncc(C2CNCCN2Cc2csc(C3CCCC3)n2)c1. The van der Waals surface area contributed by atoms with E-state index in [1.54, 1.807) is 0 Å². The maximum Gasteiger partial charge on any atom is 0.0959 e. The summed E-state index contributed by atoms with van der Waals surface area (Å²) >= 11 is 1.87. The molecule has 1 unspecified atom stereocenters. The first-order chi connectivity index (χ1) is 11.4. The lowest BCUT2D eigenvalue weighted by atomic mass is 10.1. The predicted molar refractivity (Wildman–Crippen MR) is 108 cm³/mol. The van der Waals surface area contributed by atoms with E-state index in [-0.39, 0.29) is 24.8 Å². The van der Waals surface area contributed by atoms with Crippen LogP contribution in [-0.4, -0.2) is 34.5 Å². The van der Waals surface area contributed by atoms with Gasteiger partial charge in [-0.3, -0.25) is 9.88 Å². The number of aromatic nitrogens is 2. The maximum absolute atomic E-state index is 4.96. The van der Waals surface area contributed by atoms with Crippen LogP contribution in [0.2, 0.25) is 0 Å². The zero-order valence-corrected chi connectivity index (χ0v) is 16.7. The molecule has 0 spiro atoms. The van der Waals surface area contributed by atoms with E-state index in [1.807, 2.05) is 29.8 Å². The third-order valence-electron chi connectivity index (χ3n) is 5.06. The molecule has 2 aromatic rings. The minimum atomic E-state index is 0. The molecule has 4 nitrogen and oxygen atoms in total.